The van der Waals surface area contributed by atoms with Crippen LogP contribution in [-0.2, 0) is 26.5 Å². The summed E-state index contributed by atoms with van der Waals surface area (Å²) >= 11 is 0. The van der Waals surface area contributed by atoms with Crippen molar-refractivity contribution >= 4 is 35.2 Å². The molecule has 0 N–H and O–H groups in total. The number of aromatic nitrogens is 2. The second-order valence-corrected chi connectivity index (χ2v) is 17.9. The fourth-order valence-electron chi connectivity index (χ4n) is 5.85. The van der Waals surface area contributed by atoms with E-state index in [-0.39, 0.29) is 20.1 Å². The molecule has 0 spiro atoms. The van der Waals surface area contributed by atoms with Gasteiger partial charge in [0.25, 0.3) is 0 Å². The summed E-state index contributed by atoms with van der Waals surface area (Å²) in [5.41, 5.74) is 8.34. The van der Waals surface area contributed by atoms with Gasteiger partial charge in [-0.15, -0.1) is 53.6 Å². The quantitative estimate of drug-likeness (QED) is 0.124. The van der Waals surface area contributed by atoms with Gasteiger partial charge in [0.15, 0.2) is 0 Å². The van der Waals surface area contributed by atoms with Crippen LogP contribution < -0.4 is 5.19 Å². The number of furan rings is 1. The first-order valence-corrected chi connectivity index (χ1v) is 19.7. The first-order chi connectivity index (χ1) is 25.8. The van der Waals surface area contributed by atoms with Gasteiger partial charge in [-0.2, -0.15) is 0 Å². The molecule has 0 bridgehead atoms. The number of fused-ring (bicyclic) bond motifs is 3. The van der Waals surface area contributed by atoms with Gasteiger partial charge in [0.2, 0.25) is 0 Å². The molecular weight excluding hydrogens is 805 g/mol. The normalized spacial score (nSPS) is 13.1. The van der Waals surface area contributed by atoms with Crippen molar-refractivity contribution in [3.05, 3.63) is 175 Å². The summed E-state index contributed by atoms with van der Waals surface area (Å²) in [6, 6.07) is 48.1. The van der Waals surface area contributed by atoms with E-state index in [2.05, 4.69) is 59.9 Å². The molecule has 0 saturated heterocycles. The topological polar surface area (TPSA) is 38.9 Å². The Morgan fingerprint density at radius 2 is 1.50 bits per heavy atom. The zero-order valence-corrected chi connectivity index (χ0v) is 31.4. The second kappa shape index (κ2) is 15.3. The van der Waals surface area contributed by atoms with Crippen molar-refractivity contribution in [1.82, 2.24) is 9.97 Å². The Morgan fingerprint density at radius 3 is 2.24 bits per heavy atom. The number of rotatable bonds is 6. The van der Waals surface area contributed by atoms with Crippen LogP contribution >= 0.6 is 0 Å². The fourth-order valence-corrected chi connectivity index (χ4v) is 7.33. The molecule has 5 heteroatoms. The molecule has 0 saturated carbocycles. The predicted molar refractivity (Wildman–Crippen MR) is 207 cm³/mol. The minimum Gasteiger partial charge on any atom is -0.501 e. The van der Waals surface area contributed by atoms with E-state index in [4.69, 9.17) is 11.3 Å². The van der Waals surface area contributed by atoms with Crippen LogP contribution in [-0.4, -0.2) is 18.0 Å². The Hall–Kier alpha value is -4.93. The van der Waals surface area contributed by atoms with E-state index >= 15 is 0 Å². The summed E-state index contributed by atoms with van der Waals surface area (Å²) in [7, 11) is -1.57. The Morgan fingerprint density at radius 1 is 0.740 bits per heavy atom. The van der Waals surface area contributed by atoms with Crippen molar-refractivity contribution in [2.24, 2.45) is 0 Å². The van der Waals surface area contributed by atoms with E-state index in [0.29, 0.717) is 28.0 Å². The average Bonchev–Trinajstić information content (AvgIpc) is 3.57. The molecule has 0 aliphatic rings. The van der Waals surface area contributed by atoms with E-state index in [1.54, 1.807) is 48.7 Å². The van der Waals surface area contributed by atoms with Gasteiger partial charge in [0.1, 0.15) is 5.58 Å². The maximum atomic E-state index is 8.62. The second-order valence-electron chi connectivity index (χ2n) is 12.8. The molecule has 5 aromatic carbocycles. The predicted octanol–water partition coefficient (Wildman–Crippen LogP) is 11.1. The third kappa shape index (κ3) is 7.77. The zero-order valence-electron chi connectivity index (χ0n) is 33.0. The maximum Gasteiger partial charge on any atom is 0.120 e. The summed E-state index contributed by atoms with van der Waals surface area (Å²) in [4.78, 5) is 9.14. The van der Waals surface area contributed by atoms with Gasteiger partial charge in [-0.1, -0.05) is 128 Å². The summed E-state index contributed by atoms with van der Waals surface area (Å²) in [6.07, 6.45) is 2.00. The molecule has 3 aromatic heterocycles. The van der Waals surface area contributed by atoms with Crippen LogP contribution in [0.3, 0.4) is 0 Å². The molecule has 3 heterocycles. The molecule has 0 unspecified atom stereocenters. The standard InChI is InChI=1S/C24H16NO.C21H22NSi.Ir/c1-2-7-17(8-3-1)15-18-13-14-25-22(16-18)21-11-6-10-20-19-9-4-5-12-23(19)26-24(20)21;1-16-10-12-18(13-11-16)20-14-19(17-8-6-5-7-9-17)21(15-22-20)23(2,3)4;/h1-10,12-14,16H,15H2;5-12,14-15H,1-4H3;/q2*-1;/i15D2;1D3;. The Labute approximate surface area is 316 Å². The smallest absolute Gasteiger partial charge is 0.120 e. The van der Waals surface area contributed by atoms with Crippen LogP contribution in [0.15, 0.2) is 150 Å². The van der Waals surface area contributed by atoms with Crippen molar-refractivity contribution in [2.45, 2.75) is 32.9 Å². The summed E-state index contributed by atoms with van der Waals surface area (Å²) in [5, 5.41) is 3.36. The van der Waals surface area contributed by atoms with Crippen molar-refractivity contribution in [2.75, 3.05) is 0 Å². The van der Waals surface area contributed by atoms with Gasteiger partial charge < -0.3 is 14.4 Å². The third-order valence-corrected chi connectivity index (χ3v) is 10.3. The first kappa shape index (κ1) is 28.9. The molecule has 0 fully saturated rings. The molecular formula is C45H38IrN2OSi-2. The minimum atomic E-state index is -2.11. The largest absolute Gasteiger partial charge is 0.501 e. The Kier molecular flexibility index (Phi) is 8.84. The molecule has 3 nitrogen and oxygen atoms in total. The van der Waals surface area contributed by atoms with Gasteiger partial charge >= 0.3 is 0 Å². The summed E-state index contributed by atoms with van der Waals surface area (Å²) in [6.45, 7) is 4.83. The molecule has 0 aliphatic carbocycles. The molecule has 0 amide bonds. The van der Waals surface area contributed by atoms with E-state index in [1.165, 1.54) is 16.3 Å². The minimum absolute atomic E-state index is 0. The van der Waals surface area contributed by atoms with Gasteiger partial charge in [-0.25, -0.2) is 0 Å². The van der Waals surface area contributed by atoms with Crippen LogP contribution in [0.1, 0.15) is 23.5 Å². The Balaban J connectivity index is 0.000000184. The molecule has 8 aromatic rings. The number of aryl methyl sites for hydroxylation is 1. The molecule has 50 heavy (non-hydrogen) atoms. The number of benzene rings is 5. The number of pyridine rings is 2. The monoisotopic (exact) mass is 848 g/mol. The number of hydrogen-bond donors (Lipinski definition) is 0. The molecule has 249 valence electrons. The molecule has 0 aliphatic heterocycles. The number of para-hydroxylation sites is 1. The van der Waals surface area contributed by atoms with Crippen LogP contribution in [0, 0.1) is 19.0 Å². The van der Waals surface area contributed by atoms with Crippen LogP contribution in [0.25, 0.3) is 55.6 Å². The maximum absolute atomic E-state index is 8.62. The Bertz CT molecular complexity index is 2550. The number of nitrogens with zero attached hydrogens (tertiary/aromatic N) is 2. The molecule has 0 atom stereocenters. The van der Waals surface area contributed by atoms with Crippen molar-refractivity contribution in [3.8, 4) is 33.6 Å². The van der Waals surface area contributed by atoms with E-state index in [9.17, 15) is 0 Å². The van der Waals surface area contributed by atoms with Crippen LogP contribution in [0.2, 0.25) is 19.6 Å². The number of hydrogen-bond acceptors (Lipinski definition) is 3. The van der Waals surface area contributed by atoms with E-state index in [0.717, 1.165) is 33.2 Å². The van der Waals surface area contributed by atoms with Crippen molar-refractivity contribution in [3.63, 3.8) is 0 Å². The first-order valence-electron chi connectivity index (χ1n) is 18.7. The van der Waals surface area contributed by atoms with Gasteiger partial charge in [0, 0.05) is 44.7 Å². The zero-order chi connectivity index (χ0) is 38.1. The van der Waals surface area contributed by atoms with Crippen molar-refractivity contribution in [1.29, 1.82) is 0 Å². The van der Waals surface area contributed by atoms with Crippen molar-refractivity contribution < 1.29 is 31.4 Å². The van der Waals surface area contributed by atoms with E-state index in [1.807, 2.05) is 79.0 Å². The third-order valence-electron chi connectivity index (χ3n) is 8.30. The van der Waals surface area contributed by atoms with Gasteiger partial charge in [-0.05, 0) is 57.3 Å². The fraction of sp³-hybridized carbons (Fsp3) is 0.111. The molecule has 1 radical (unpaired) electrons. The van der Waals surface area contributed by atoms with Gasteiger partial charge in [-0.3, -0.25) is 0 Å². The summed E-state index contributed by atoms with van der Waals surface area (Å²) in [5.74, 6) is 0. The summed E-state index contributed by atoms with van der Waals surface area (Å²) < 4.78 is 45.8. The molecule has 8 rings (SSSR count). The van der Waals surface area contributed by atoms with E-state index < -0.39 is 21.3 Å². The SMILES string of the molecule is [2H]C([2H])([2H])c1c[c-]c(-c2cc(-c3ccccc3)c([Si](C)(C)C)cn2)cc1.[2H]C([2H])(c1ccccc1)c1ccnc(-c2[c-]ccc3c2oc2ccccc23)c1.[Ir]. The van der Waals surface area contributed by atoms with Crippen LogP contribution in [0.4, 0.5) is 0 Å². The van der Waals surface area contributed by atoms with Gasteiger partial charge in [0.05, 0.1) is 13.7 Å². The van der Waals surface area contributed by atoms with Crippen LogP contribution in [0.5, 0.6) is 0 Å². The average molecular weight is 848 g/mol.